The van der Waals surface area contributed by atoms with E-state index in [9.17, 15) is 9.59 Å². The fraction of sp³-hybridized carbons (Fsp3) is 0.571. The first-order chi connectivity index (χ1) is 8.61. The topological polar surface area (TPSA) is 52.6 Å². The maximum Gasteiger partial charge on any atom is 0.381 e. The van der Waals surface area contributed by atoms with Gasteiger partial charge in [-0.05, 0) is 19.8 Å². The summed E-state index contributed by atoms with van der Waals surface area (Å²) < 4.78 is 0. The number of allylic oxidation sites excluding steroid dienone is 1. The van der Waals surface area contributed by atoms with Crippen LogP contribution in [-0.4, -0.2) is 11.9 Å². The Morgan fingerprint density at radius 3 is 2.39 bits per heavy atom. The summed E-state index contributed by atoms with van der Waals surface area (Å²) in [4.78, 5) is 30.5. The van der Waals surface area contributed by atoms with Crippen molar-refractivity contribution in [2.75, 3.05) is 0 Å². The number of hydrogen-bond acceptors (Lipinski definition) is 4. The number of carbonyl (C=O) groups excluding carboxylic acids is 2. The van der Waals surface area contributed by atoms with Crippen LogP contribution in [0.4, 0.5) is 0 Å². The third-order valence-electron chi connectivity index (χ3n) is 2.45. The van der Waals surface area contributed by atoms with E-state index >= 15 is 0 Å². The van der Waals surface area contributed by atoms with E-state index in [4.69, 9.17) is 0 Å². The van der Waals surface area contributed by atoms with Crippen molar-refractivity contribution in [3.63, 3.8) is 0 Å². The van der Waals surface area contributed by atoms with E-state index in [0.29, 0.717) is 5.57 Å². The minimum Gasteiger partial charge on any atom is -0.242 e. The van der Waals surface area contributed by atoms with E-state index in [0.717, 1.165) is 25.3 Å². The summed E-state index contributed by atoms with van der Waals surface area (Å²) >= 11 is 0. The quantitative estimate of drug-likeness (QED) is 0.288. The van der Waals surface area contributed by atoms with Crippen molar-refractivity contribution >= 4 is 11.9 Å². The van der Waals surface area contributed by atoms with E-state index in [1.165, 1.54) is 19.3 Å². The predicted molar refractivity (Wildman–Crippen MR) is 69.5 cm³/mol. The van der Waals surface area contributed by atoms with Gasteiger partial charge in [-0.2, -0.15) is 0 Å². The highest BCUT2D eigenvalue weighted by molar-refractivity contribution is 5.88. The average molecular weight is 254 g/mol. The zero-order valence-electron chi connectivity index (χ0n) is 11.2. The summed E-state index contributed by atoms with van der Waals surface area (Å²) in [7, 11) is 0. The Morgan fingerprint density at radius 2 is 1.78 bits per heavy atom. The van der Waals surface area contributed by atoms with Crippen molar-refractivity contribution in [2.24, 2.45) is 0 Å². The second kappa shape index (κ2) is 10.6. The molecule has 0 aromatic heterocycles. The van der Waals surface area contributed by atoms with Crippen molar-refractivity contribution in [1.82, 2.24) is 0 Å². The fourth-order valence-electron chi connectivity index (χ4n) is 1.33. The van der Waals surface area contributed by atoms with Gasteiger partial charge in [0.2, 0.25) is 0 Å². The first-order valence-corrected chi connectivity index (χ1v) is 6.33. The molecule has 0 spiro atoms. The van der Waals surface area contributed by atoms with E-state index in [1.54, 1.807) is 13.0 Å². The molecule has 0 bridgehead atoms. The zero-order valence-corrected chi connectivity index (χ0v) is 11.2. The molecular weight excluding hydrogens is 232 g/mol. The molecule has 0 fully saturated rings. The molecule has 0 N–H and O–H groups in total. The predicted octanol–water partition coefficient (Wildman–Crippen LogP) is 3.48. The monoisotopic (exact) mass is 254 g/mol. The van der Waals surface area contributed by atoms with Crippen molar-refractivity contribution in [3.8, 4) is 0 Å². The first kappa shape index (κ1) is 16.4. The maximum atomic E-state index is 11.3. The Hall–Kier alpha value is -1.58. The second-order valence-electron chi connectivity index (χ2n) is 4.07. The van der Waals surface area contributed by atoms with Crippen molar-refractivity contribution in [3.05, 3.63) is 24.3 Å². The van der Waals surface area contributed by atoms with Crippen LogP contribution < -0.4 is 0 Å². The van der Waals surface area contributed by atoms with Gasteiger partial charge >= 0.3 is 11.9 Å². The van der Waals surface area contributed by atoms with Crippen molar-refractivity contribution in [2.45, 2.75) is 52.4 Å². The van der Waals surface area contributed by atoms with Gasteiger partial charge in [0.15, 0.2) is 0 Å². The number of carbonyl (C=O) groups is 2. The molecule has 0 saturated heterocycles. The third kappa shape index (κ3) is 8.56. The van der Waals surface area contributed by atoms with Gasteiger partial charge in [-0.3, -0.25) is 0 Å². The van der Waals surface area contributed by atoms with E-state index in [-0.39, 0.29) is 0 Å². The number of unbranched alkanes of at least 4 members (excludes halogenated alkanes) is 5. The van der Waals surface area contributed by atoms with Gasteiger partial charge < -0.3 is 0 Å². The summed E-state index contributed by atoms with van der Waals surface area (Å²) in [5.41, 5.74) is 0.447. The minimum atomic E-state index is -0.782. The summed E-state index contributed by atoms with van der Waals surface area (Å²) in [6.45, 7) is 6.99. The normalized spacial score (nSPS) is 10.9. The molecule has 0 aliphatic heterocycles. The van der Waals surface area contributed by atoms with Crippen molar-refractivity contribution in [1.29, 1.82) is 0 Å². The van der Waals surface area contributed by atoms with Gasteiger partial charge in [0.25, 0.3) is 0 Å². The lowest BCUT2D eigenvalue weighted by atomic mass is 10.1. The Balaban J connectivity index is 3.76. The molecule has 0 atom stereocenters. The van der Waals surface area contributed by atoms with Crippen LogP contribution in [-0.2, 0) is 19.4 Å². The molecule has 0 heterocycles. The standard InChI is InChI=1S/C14H22O4/c1-4-6-7-8-9-10-11-12(3)14(16)18-17-13(15)5-2/h5,11H,2,4,6-10H2,1,3H3. The lowest BCUT2D eigenvalue weighted by Crippen LogP contribution is -2.10. The molecule has 0 radical (unpaired) electrons. The highest BCUT2D eigenvalue weighted by Crippen LogP contribution is 2.08. The molecule has 4 heteroatoms. The van der Waals surface area contributed by atoms with Crippen LogP contribution in [0.2, 0.25) is 0 Å². The van der Waals surface area contributed by atoms with Crippen LogP contribution in [0.5, 0.6) is 0 Å². The summed E-state index contributed by atoms with van der Waals surface area (Å²) in [5.74, 6) is -1.42. The highest BCUT2D eigenvalue weighted by atomic mass is 17.2. The zero-order chi connectivity index (χ0) is 13.8. The van der Waals surface area contributed by atoms with Gasteiger partial charge in [-0.25, -0.2) is 19.4 Å². The molecule has 102 valence electrons. The van der Waals surface area contributed by atoms with Crippen LogP contribution in [0.25, 0.3) is 0 Å². The first-order valence-electron chi connectivity index (χ1n) is 6.33. The van der Waals surface area contributed by atoms with Crippen molar-refractivity contribution < 1.29 is 19.4 Å². The van der Waals surface area contributed by atoms with E-state index < -0.39 is 11.9 Å². The molecule has 0 rings (SSSR count). The van der Waals surface area contributed by atoms with Crippen LogP contribution in [0.3, 0.4) is 0 Å². The van der Waals surface area contributed by atoms with Gasteiger partial charge in [0.1, 0.15) is 0 Å². The Kier molecular flexibility index (Phi) is 9.64. The Morgan fingerprint density at radius 1 is 1.11 bits per heavy atom. The van der Waals surface area contributed by atoms with E-state index in [2.05, 4.69) is 23.3 Å². The maximum absolute atomic E-state index is 11.3. The average Bonchev–Trinajstić information content (AvgIpc) is 2.39. The van der Waals surface area contributed by atoms with Crippen LogP contribution >= 0.6 is 0 Å². The highest BCUT2D eigenvalue weighted by Gasteiger charge is 2.08. The van der Waals surface area contributed by atoms with E-state index in [1.807, 2.05) is 0 Å². The Bertz CT molecular complexity index is 305. The SMILES string of the molecule is C=CC(=O)OOC(=O)C(C)=CCCCCCCC. The number of rotatable bonds is 8. The molecule has 0 aromatic carbocycles. The van der Waals surface area contributed by atoms with Gasteiger partial charge in [0.05, 0.1) is 0 Å². The van der Waals surface area contributed by atoms with Crippen LogP contribution in [0.15, 0.2) is 24.3 Å². The molecule has 0 unspecified atom stereocenters. The summed E-state index contributed by atoms with van der Waals surface area (Å²) in [5, 5.41) is 0. The fourth-order valence-corrected chi connectivity index (χ4v) is 1.33. The molecule has 4 nitrogen and oxygen atoms in total. The molecule has 0 aromatic rings. The molecule has 0 aliphatic rings. The van der Waals surface area contributed by atoms with Gasteiger partial charge in [-0.15, -0.1) is 0 Å². The molecule has 0 amide bonds. The number of hydrogen-bond donors (Lipinski definition) is 0. The third-order valence-corrected chi connectivity index (χ3v) is 2.45. The molecule has 18 heavy (non-hydrogen) atoms. The Labute approximate surface area is 109 Å². The minimum absolute atomic E-state index is 0.447. The van der Waals surface area contributed by atoms with Gasteiger partial charge in [0, 0.05) is 11.6 Å². The largest absolute Gasteiger partial charge is 0.381 e. The molecular formula is C14H22O4. The van der Waals surface area contributed by atoms with Crippen LogP contribution in [0, 0.1) is 0 Å². The summed E-state index contributed by atoms with van der Waals surface area (Å²) in [6, 6.07) is 0. The van der Waals surface area contributed by atoms with Gasteiger partial charge in [-0.1, -0.05) is 45.3 Å². The smallest absolute Gasteiger partial charge is 0.242 e. The summed E-state index contributed by atoms with van der Waals surface area (Å²) in [6.07, 6.45) is 9.48. The lowest BCUT2D eigenvalue weighted by molar-refractivity contribution is -0.251. The molecule has 0 saturated carbocycles. The van der Waals surface area contributed by atoms with Crippen LogP contribution in [0.1, 0.15) is 52.4 Å². The molecule has 0 aliphatic carbocycles. The lowest BCUT2D eigenvalue weighted by Gasteiger charge is -2.01. The second-order valence-corrected chi connectivity index (χ2v) is 4.07.